The van der Waals surface area contributed by atoms with Gasteiger partial charge in [-0.3, -0.25) is 0 Å². The summed E-state index contributed by atoms with van der Waals surface area (Å²) in [6, 6.07) is 0. The van der Waals surface area contributed by atoms with E-state index in [-0.39, 0.29) is 11.3 Å². The molecule has 0 saturated heterocycles. The van der Waals surface area contributed by atoms with Crippen molar-refractivity contribution in [2.24, 2.45) is 23.2 Å². The lowest BCUT2D eigenvalue weighted by Gasteiger charge is -2.65. The van der Waals surface area contributed by atoms with Crippen LogP contribution in [0.4, 0.5) is 0 Å². The van der Waals surface area contributed by atoms with Crippen LogP contribution in [0, 0.1) is 23.2 Å². The zero-order valence-electron chi connectivity index (χ0n) is 11.4. The van der Waals surface area contributed by atoms with E-state index in [1.165, 1.54) is 6.42 Å². The van der Waals surface area contributed by atoms with Crippen LogP contribution >= 0.6 is 0 Å². The van der Waals surface area contributed by atoms with Crippen LogP contribution in [0.2, 0.25) is 0 Å². The Morgan fingerprint density at radius 3 is 2.06 bits per heavy atom. The van der Waals surface area contributed by atoms with Crippen LogP contribution in [0.25, 0.3) is 0 Å². The Labute approximate surface area is 104 Å². The molecular formula is C15H26O2. The summed E-state index contributed by atoms with van der Waals surface area (Å²) in [7, 11) is 0. The molecule has 0 radical (unpaired) electrons. The predicted octanol–water partition coefficient (Wildman–Crippen LogP) is 2.72. The van der Waals surface area contributed by atoms with E-state index in [0.29, 0.717) is 11.8 Å². The predicted molar refractivity (Wildman–Crippen MR) is 67.5 cm³/mol. The molecule has 4 fully saturated rings. The van der Waals surface area contributed by atoms with Gasteiger partial charge in [0.25, 0.3) is 0 Å². The molecule has 0 aromatic rings. The number of hydrogen-bond acceptors (Lipinski definition) is 2. The molecule has 2 heteroatoms. The standard InChI is InChI=1S/C15H26O2/c1-10(2)13(3,16)14-5-11-4-12(6-14)8-15(17,7-11)9-14/h10-12,16-17H,4-9H2,1-3H3. The zero-order valence-corrected chi connectivity index (χ0v) is 11.4. The number of rotatable bonds is 2. The molecule has 17 heavy (non-hydrogen) atoms. The van der Waals surface area contributed by atoms with E-state index in [9.17, 15) is 10.2 Å². The maximum atomic E-state index is 11.0. The topological polar surface area (TPSA) is 40.5 Å². The Bertz CT molecular complexity index is 318. The van der Waals surface area contributed by atoms with Gasteiger partial charge in [0, 0.05) is 5.41 Å². The third-order valence-corrected chi connectivity index (χ3v) is 6.23. The normalized spacial score (nSPS) is 51.9. The zero-order chi connectivity index (χ0) is 12.5. The highest BCUT2D eigenvalue weighted by Crippen LogP contribution is 2.65. The van der Waals surface area contributed by atoms with E-state index >= 15 is 0 Å². The van der Waals surface area contributed by atoms with Crippen molar-refractivity contribution in [3.05, 3.63) is 0 Å². The van der Waals surface area contributed by atoms with Crippen LogP contribution in [0.5, 0.6) is 0 Å². The lowest BCUT2D eigenvalue weighted by molar-refractivity contribution is -0.236. The first-order valence-corrected chi connectivity index (χ1v) is 7.21. The summed E-state index contributed by atoms with van der Waals surface area (Å²) in [5, 5.41) is 21.7. The van der Waals surface area contributed by atoms with Gasteiger partial charge < -0.3 is 10.2 Å². The number of hydrogen-bond donors (Lipinski definition) is 2. The SMILES string of the molecule is CC(C)C(C)(O)C12CC3CC(CC(O)(C3)C1)C2. The third-order valence-electron chi connectivity index (χ3n) is 6.23. The van der Waals surface area contributed by atoms with Gasteiger partial charge in [0.1, 0.15) is 0 Å². The molecule has 2 N–H and O–H groups in total. The van der Waals surface area contributed by atoms with Gasteiger partial charge in [-0.25, -0.2) is 0 Å². The first-order valence-electron chi connectivity index (χ1n) is 7.21. The highest BCUT2D eigenvalue weighted by Gasteiger charge is 2.63. The Morgan fingerprint density at radius 1 is 1.12 bits per heavy atom. The van der Waals surface area contributed by atoms with E-state index in [1.807, 2.05) is 6.92 Å². The molecule has 0 aromatic carbocycles. The fourth-order valence-corrected chi connectivity index (χ4v) is 5.42. The van der Waals surface area contributed by atoms with Crippen molar-refractivity contribution < 1.29 is 10.2 Å². The maximum Gasteiger partial charge on any atom is 0.0699 e. The van der Waals surface area contributed by atoms with E-state index in [4.69, 9.17) is 0 Å². The van der Waals surface area contributed by atoms with Gasteiger partial charge in [0.05, 0.1) is 11.2 Å². The molecule has 0 aliphatic heterocycles. The molecule has 98 valence electrons. The van der Waals surface area contributed by atoms with Crippen molar-refractivity contribution in [3.63, 3.8) is 0 Å². The monoisotopic (exact) mass is 238 g/mol. The second-order valence-electron chi connectivity index (χ2n) is 7.77. The van der Waals surface area contributed by atoms with Crippen LogP contribution in [0.1, 0.15) is 59.3 Å². The summed E-state index contributed by atoms with van der Waals surface area (Å²) in [5.74, 6) is 1.58. The van der Waals surface area contributed by atoms with Crippen molar-refractivity contribution >= 4 is 0 Å². The summed E-state index contributed by atoms with van der Waals surface area (Å²) in [6.45, 7) is 6.24. The molecule has 4 bridgehead atoms. The van der Waals surface area contributed by atoms with Gasteiger partial charge in [-0.2, -0.15) is 0 Å². The smallest absolute Gasteiger partial charge is 0.0699 e. The van der Waals surface area contributed by atoms with Crippen molar-refractivity contribution in [3.8, 4) is 0 Å². The van der Waals surface area contributed by atoms with Crippen molar-refractivity contribution in [2.75, 3.05) is 0 Å². The van der Waals surface area contributed by atoms with Gasteiger partial charge in [-0.15, -0.1) is 0 Å². The Morgan fingerprint density at radius 2 is 1.65 bits per heavy atom. The first-order chi connectivity index (χ1) is 7.76. The largest absolute Gasteiger partial charge is 0.390 e. The summed E-state index contributed by atoms with van der Waals surface area (Å²) < 4.78 is 0. The number of aliphatic hydroxyl groups is 2. The van der Waals surface area contributed by atoms with Crippen LogP contribution in [0.15, 0.2) is 0 Å². The van der Waals surface area contributed by atoms with Crippen molar-refractivity contribution in [1.29, 1.82) is 0 Å². The highest BCUT2D eigenvalue weighted by molar-refractivity contribution is 5.14. The molecule has 0 amide bonds. The molecule has 3 unspecified atom stereocenters. The molecule has 2 nitrogen and oxygen atoms in total. The maximum absolute atomic E-state index is 11.0. The van der Waals surface area contributed by atoms with Crippen molar-refractivity contribution in [2.45, 2.75) is 70.5 Å². The quantitative estimate of drug-likeness (QED) is 0.776. The Kier molecular flexibility index (Phi) is 2.30. The van der Waals surface area contributed by atoms with E-state index in [1.54, 1.807) is 0 Å². The highest BCUT2D eigenvalue weighted by atomic mass is 16.3. The lowest BCUT2D eigenvalue weighted by atomic mass is 9.43. The fourth-order valence-electron chi connectivity index (χ4n) is 5.42. The average molecular weight is 238 g/mol. The summed E-state index contributed by atoms with van der Waals surface area (Å²) in [4.78, 5) is 0. The Hall–Kier alpha value is -0.0800. The summed E-state index contributed by atoms with van der Waals surface area (Å²) in [6.07, 6.45) is 6.36. The van der Waals surface area contributed by atoms with Crippen molar-refractivity contribution in [1.82, 2.24) is 0 Å². The second-order valence-corrected chi connectivity index (χ2v) is 7.77. The molecule has 4 aliphatic rings. The van der Waals surface area contributed by atoms with Gasteiger partial charge in [0.15, 0.2) is 0 Å². The van der Waals surface area contributed by atoms with E-state index in [2.05, 4.69) is 13.8 Å². The van der Waals surface area contributed by atoms with E-state index in [0.717, 1.165) is 32.1 Å². The summed E-state index contributed by atoms with van der Waals surface area (Å²) >= 11 is 0. The molecule has 4 aliphatic carbocycles. The lowest BCUT2D eigenvalue weighted by Crippen LogP contribution is -2.64. The average Bonchev–Trinajstić information content (AvgIpc) is 2.12. The molecular weight excluding hydrogens is 212 g/mol. The van der Waals surface area contributed by atoms with Gasteiger partial charge in [-0.05, 0) is 63.2 Å². The minimum atomic E-state index is -0.626. The minimum Gasteiger partial charge on any atom is -0.390 e. The van der Waals surface area contributed by atoms with E-state index < -0.39 is 11.2 Å². The summed E-state index contributed by atoms with van der Waals surface area (Å²) in [5.41, 5.74) is -1.10. The molecule has 4 saturated carbocycles. The molecule has 4 rings (SSSR count). The molecule has 0 spiro atoms. The Balaban J connectivity index is 1.98. The third kappa shape index (κ3) is 1.53. The molecule has 3 atom stereocenters. The van der Waals surface area contributed by atoms with Gasteiger partial charge >= 0.3 is 0 Å². The van der Waals surface area contributed by atoms with Crippen LogP contribution < -0.4 is 0 Å². The van der Waals surface area contributed by atoms with Crippen LogP contribution in [0.3, 0.4) is 0 Å². The second kappa shape index (κ2) is 3.27. The molecule has 0 heterocycles. The van der Waals surface area contributed by atoms with Crippen LogP contribution in [-0.4, -0.2) is 21.4 Å². The minimum absolute atomic E-state index is 0.0139. The molecule has 0 aromatic heterocycles. The fraction of sp³-hybridized carbons (Fsp3) is 1.00. The van der Waals surface area contributed by atoms with Gasteiger partial charge in [0.2, 0.25) is 0 Å². The first kappa shape index (κ1) is 12.0. The van der Waals surface area contributed by atoms with Crippen LogP contribution in [-0.2, 0) is 0 Å². The van der Waals surface area contributed by atoms with Gasteiger partial charge in [-0.1, -0.05) is 13.8 Å².